The van der Waals surface area contributed by atoms with Crippen molar-refractivity contribution < 1.29 is 4.79 Å². The number of carbonyl (C=O) groups excluding carboxylic acids is 1. The molecule has 2 heteroatoms. The number of hydrogen-bond donors (Lipinski definition) is 0. The van der Waals surface area contributed by atoms with Crippen LogP contribution in [-0.2, 0) is 13.0 Å². The summed E-state index contributed by atoms with van der Waals surface area (Å²) in [7, 11) is 0. The third-order valence-electron chi connectivity index (χ3n) is 3.93. The van der Waals surface area contributed by atoms with Gasteiger partial charge in [0.2, 0.25) is 0 Å². The first kappa shape index (κ1) is 13.6. The highest BCUT2D eigenvalue weighted by atomic mass is 16.1. The van der Waals surface area contributed by atoms with Gasteiger partial charge in [-0.05, 0) is 42.0 Å². The van der Waals surface area contributed by atoms with Crippen molar-refractivity contribution in [3.8, 4) is 0 Å². The van der Waals surface area contributed by atoms with E-state index < -0.39 is 0 Å². The van der Waals surface area contributed by atoms with Crippen molar-refractivity contribution in [2.45, 2.75) is 26.8 Å². The number of nitrogens with zero attached hydrogens (tertiary/aromatic N) is 1. The van der Waals surface area contributed by atoms with Crippen LogP contribution in [0.2, 0.25) is 0 Å². The SMILES string of the molecule is CCc1ccc(C(=O)Cn2ccc3ccc(C)cc32)cc1. The lowest BCUT2D eigenvalue weighted by Gasteiger charge is -2.06. The number of carbonyl (C=O) groups is 1. The van der Waals surface area contributed by atoms with E-state index in [9.17, 15) is 4.79 Å². The molecule has 0 bridgehead atoms. The Kier molecular flexibility index (Phi) is 3.61. The van der Waals surface area contributed by atoms with E-state index in [2.05, 4.69) is 38.1 Å². The largest absolute Gasteiger partial charge is 0.340 e. The first-order valence-electron chi connectivity index (χ1n) is 7.35. The van der Waals surface area contributed by atoms with E-state index in [-0.39, 0.29) is 5.78 Å². The molecule has 0 unspecified atom stereocenters. The molecule has 3 rings (SSSR count). The van der Waals surface area contributed by atoms with Gasteiger partial charge in [-0.3, -0.25) is 4.79 Å². The maximum Gasteiger partial charge on any atom is 0.182 e. The first-order valence-corrected chi connectivity index (χ1v) is 7.35. The Balaban J connectivity index is 1.87. The minimum atomic E-state index is 0.150. The van der Waals surface area contributed by atoms with Crippen LogP contribution in [0.1, 0.15) is 28.4 Å². The summed E-state index contributed by atoms with van der Waals surface area (Å²) in [4.78, 5) is 12.4. The molecule has 3 aromatic rings. The van der Waals surface area contributed by atoms with E-state index in [0.717, 1.165) is 17.5 Å². The third-order valence-corrected chi connectivity index (χ3v) is 3.93. The molecule has 0 fully saturated rings. The van der Waals surface area contributed by atoms with Gasteiger partial charge >= 0.3 is 0 Å². The number of benzene rings is 2. The molecule has 1 aromatic heterocycles. The molecule has 0 saturated carbocycles. The summed E-state index contributed by atoms with van der Waals surface area (Å²) in [5.41, 5.74) is 4.37. The second-order valence-corrected chi connectivity index (χ2v) is 5.48. The Morgan fingerprint density at radius 2 is 1.81 bits per heavy atom. The van der Waals surface area contributed by atoms with Gasteiger partial charge in [-0.15, -0.1) is 0 Å². The summed E-state index contributed by atoms with van der Waals surface area (Å²) >= 11 is 0. The molecule has 0 radical (unpaired) electrons. The number of hydrogen-bond acceptors (Lipinski definition) is 1. The summed E-state index contributed by atoms with van der Waals surface area (Å²) in [6.45, 7) is 4.58. The minimum Gasteiger partial charge on any atom is -0.340 e. The second kappa shape index (κ2) is 5.57. The number of ketones is 1. The molecule has 2 aromatic carbocycles. The summed E-state index contributed by atoms with van der Waals surface area (Å²) in [6, 6.07) is 16.3. The van der Waals surface area contributed by atoms with Crippen molar-refractivity contribution in [3.05, 3.63) is 71.4 Å². The van der Waals surface area contributed by atoms with Crippen LogP contribution in [0.5, 0.6) is 0 Å². The predicted molar refractivity (Wildman–Crippen MR) is 86.8 cm³/mol. The zero-order chi connectivity index (χ0) is 14.8. The molecule has 0 N–H and O–H groups in total. The van der Waals surface area contributed by atoms with Crippen molar-refractivity contribution in [1.29, 1.82) is 0 Å². The summed E-state index contributed by atoms with van der Waals surface area (Å²) in [6.07, 6.45) is 2.98. The van der Waals surface area contributed by atoms with Gasteiger partial charge in [-0.1, -0.05) is 43.3 Å². The molecule has 21 heavy (non-hydrogen) atoms. The Hall–Kier alpha value is -2.35. The van der Waals surface area contributed by atoms with Gasteiger partial charge in [0.25, 0.3) is 0 Å². The Bertz CT molecular complexity index is 781. The standard InChI is InChI=1S/C19H19NO/c1-3-15-5-8-17(9-6-15)19(21)13-20-11-10-16-7-4-14(2)12-18(16)20/h4-12H,3,13H2,1-2H3. The monoisotopic (exact) mass is 277 g/mol. The Labute approximate surface area is 125 Å². The number of aromatic nitrogens is 1. The van der Waals surface area contributed by atoms with Crippen molar-refractivity contribution in [2.75, 3.05) is 0 Å². The highest BCUT2D eigenvalue weighted by Crippen LogP contribution is 2.18. The van der Waals surface area contributed by atoms with E-state index in [1.165, 1.54) is 16.5 Å². The van der Waals surface area contributed by atoms with E-state index in [1.807, 2.05) is 35.0 Å². The lowest BCUT2D eigenvalue weighted by Crippen LogP contribution is -2.09. The van der Waals surface area contributed by atoms with Gasteiger partial charge in [0.1, 0.15) is 0 Å². The number of rotatable bonds is 4. The minimum absolute atomic E-state index is 0.150. The van der Waals surface area contributed by atoms with E-state index >= 15 is 0 Å². The van der Waals surface area contributed by atoms with Crippen molar-refractivity contribution in [2.24, 2.45) is 0 Å². The molecule has 0 saturated heterocycles. The maximum atomic E-state index is 12.4. The smallest absolute Gasteiger partial charge is 0.182 e. The lowest BCUT2D eigenvalue weighted by molar-refractivity contribution is 0.0973. The fourth-order valence-electron chi connectivity index (χ4n) is 2.60. The van der Waals surface area contributed by atoms with Gasteiger partial charge < -0.3 is 4.57 Å². The Morgan fingerprint density at radius 1 is 1.05 bits per heavy atom. The van der Waals surface area contributed by atoms with E-state index in [4.69, 9.17) is 0 Å². The molecule has 0 spiro atoms. The third kappa shape index (κ3) is 2.75. The van der Waals surface area contributed by atoms with Crippen LogP contribution in [0.15, 0.2) is 54.7 Å². The number of Topliss-reactive ketones (excluding diaryl/α,β-unsaturated/α-hetero) is 1. The molecular formula is C19H19NO. The zero-order valence-electron chi connectivity index (χ0n) is 12.5. The van der Waals surface area contributed by atoms with Crippen LogP contribution in [0.3, 0.4) is 0 Å². The van der Waals surface area contributed by atoms with Crippen LogP contribution < -0.4 is 0 Å². The molecule has 1 heterocycles. The lowest BCUT2D eigenvalue weighted by atomic mass is 10.1. The number of aryl methyl sites for hydroxylation is 2. The normalized spacial score (nSPS) is 11.0. The fraction of sp³-hybridized carbons (Fsp3) is 0.211. The van der Waals surface area contributed by atoms with Gasteiger partial charge in [0, 0.05) is 17.3 Å². The van der Waals surface area contributed by atoms with Crippen LogP contribution in [0, 0.1) is 6.92 Å². The van der Waals surface area contributed by atoms with E-state index in [1.54, 1.807) is 0 Å². The highest BCUT2D eigenvalue weighted by molar-refractivity contribution is 5.97. The topological polar surface area (TPSA) is 22.0 Å². The molecule has 2 nitrogen and oxygen atoms in total. The van der Waals surface area contributed by atoms with Gasteiger partial charge in [0.05, 0.1) is 6.54 Å². The first-order chi connectivity index (χ1) is 10.2. The molecule has 0 aliphatic rings. The molecule has 106 valence electrons. The summed E-state index contributed by atoms with van der Waals surface area (Å²) < 4.78 is 2.03. The van der Waals surface area contributed by atoms with Crippen LogP contribution >= 0.6 is 0 Å². The predicted octanol–water partition coefficient (Wildman–Crippen LogP) is 4.40. The fourth-order valence-corrected chi connectivity index (χ4v) is 2.60. The van der Waals surface area contributed by atoms with Crippen molar-refractivity contribution in [3.63, 3.8) is 0 Å². The number of fused-ring (bicyclic) bond motifs is 1. The second-order valence-electron chi connectivity index (χ2n) is 5.48. The maximum absolute atomic E-state index is 12.4. The van der Waals surface area contributed by atoms with Crippen LogP contribution in [-0.4, -0.2) is 10.4 Å². The van der Waals surface area contributed by atoms with Crippen molar-refractivity contribution >= 4 is 16.7 Å². The van der Waals surface area contributed by atoms with Crippen LogP contribution in [0.25, 0.3) is 10.9 Å². The summed E-state index contributed by atoms with van der Waals surface area (Å²) in [5.74, 6) is 0.150. The van der Waals surface area contributed by atoms with Crippen molar-refractivity contribution in [1.82, 2.24) is 4.57 Å². The average Bonchev–Trinajstić information content (AvgIpc) is 2.89. The zero-order valence-corrected chi connectivity index (χ0v) is 12.5. The van der Waals surface area contributed by atoms with Gasteiger partial charge in [-0.2, -0.15) is 0 Å². The molecule has 0 aliphatic heterocycles. The van der Waals surface area contributed by atoms with Gasteiger partial charge in [0.15, 0.2) is 5.78 Å². The summed E-state index contributed by atoms with van der Waals surface area (Å²) in [5, 5.41) is 1.18. The molecule has 0 atom stereocenters. The molecular weight excluding hydrogens is 258 g/mol. The molecule has 0 aliphatic carbocycles. The van der Waals surface area contributed by atoms with Gasteiger partial charge in [-0.25, -0.2) is 0 Å². The quantitative estimate of drug-likeness (QED) is 0.648. The Morgan fingerprint density at radius 3 is 2.52 bits per heavy atom. The molecule has 0 amide bonds. The van der Waals surface area contributed by atoms with E-state index in [0.29, 0.717) is 6.54 Å². The van der Waals surface area contributed by atoms with Crippen LogP contribution in [0.4, 0.5) is 0 Å². The average molecular weight is 277 g/mol. The highest BCUT2D eigenvalue weighted by Gasteiger charge is 2.09.